The van der Waals surface area contributed by atoms with Gasteiger partial charge in [0.05, 0.1) is 5.56 Å². The molecule has 0 radical (unpaired) electrons. The van der Waals surface area contributed by atoms with E-state index in [1.807, 2.05) is 0 Å². The van der Waals surface area contributed by atoms with Gasteiger partial charge in [-0.1, -0.05) is 18.2 Å². The Balaban J connectivity index is 2.10. The molecule has 2 aromatic rings. The monoisotopic (exact) mass is 446 g/mol. The van der Waals surface area contributed by atoms with Crippen LogP contribution >= 0.6 is 15.9 Å². The summed E-state index contributed by atoms with van der Waals surface area (Å²) >= 11 is 3.17. The van der Waals surface area contributed by atoms with Gasteiger partial charge in [0.25, 0.3) is 5.91 Å². The quantitative estimate of drug-likeness (QED) is 0.592. The minimum Gasteiger partial charge on any atom is -0.480 e. The summed E-state index contributed by atoms with van der Waals surface area (Å²) in [7, 11) is 0. The average Bonchev–Trinajstić information content (AvgIpc) is 2.61. The number of aliphatic carboxylic acids is 1. The molecule has 144 valence electrons. The van der Waals surface area contributed by atoms with Crippen LogP contribution in [0.15, 0.2) is 47.2 Å². The van der Waals surface area contributed by atoms with Gasteiger partial charge in [0.2, 0.25) is 0 Å². The molecule has 2 atom stereocenters. The number of benzene rings is 1. The van der Waals surface area contributed by atoms with Crippen LogP contribution < -0.4 is 5.32 Å². The fourth-order valence-corrected chi connectivity index (χ4v) is 2.66. The van der Waals surface area contributed by atoms with Crippen molar-refractivity contribution in [1.82, 2.24) is 10.3 Å². The maximum atomic E-state index is 12.6. The highest BCUT2D eigenvalue weighted by atomic mass is 79.9. The Morgan fingerprint density at radius 2 is 1.81 bits per heavy atom. The smallest absolute Gasteiger partial charge is 0.416 e. The van der Waals surface area contributed by atoms with Gasteiger partial charge < -0.3 is 15.5 Å². The molecule has 0 spiro atoms. The molecule has 3 N–H and O–H groups in total. The number of alkyl halides is 3. The van der Waals surface area contributed by atoms with Gasteiger partial charge in [0.15, 0.2) is 6.10 Å². The second-order valence-corrected chi connectivity index (χ2v) is 6.33. The van der Waals surface area contributed by atoms with E-state index in [1.165, 1.54) is 6.20 Å². The first-order chi connectivity index (χ1) is 12.6. The third-order valence-electron chi connectivity index (χ3n) is 3.68. The zero-order valence-electron chi connectivity index (χ0n) is 13.6. The second-order valence-electron chi connectivity index (χ2n) is 5.58. The van der Waals surface area contributed by atoms with Gasteiger partial charge in [-0.05, 0) is 45.3 Å². The summed E-state index contributed by atoms with van der Waals surface area (Å²) in [6.45, 7) is 0. The van der Waals surface area contributed by atoms with Crippen molar-refractivity contribution in [3.05, 3.63) is 63.9 Å². The van der Waals surface area contributed by atoms with Gasteiger partial charge in [-0.3, -0.25) is 4.79 Å². The molecule has 10 heteroatoms. The number of pyridine rings is 1. The number of amides is 1. The summed E-state index contributed by atoms with van der Waals surface area (Å²) in [4.78, 5) is 27.5. The van der Waals surface area contributed by atoms with E-state index in [4.69, 9.17) is 0 Å². The van der Waals surface area contributed by atoms with Crippen molar-refractivity contribution in [3.8, 4) is 0 Å². The molecule has 2 rings (SSSR count). The minimum atomic E-state index is -4.54. The molecule has 1 aromatic carbocycles. The maximum Gasteiger partial charge on any atom is 0.416 e. The van der Waals surface area contributed by atoms with E-state index >= 15 is 0 Å². The van der Waals surface area contributed by atoms with Crippen LogP contribution in [0.4, 0.5) is 13.2 Å². The number of carbonyl (C=O) groups excluding carboxylic acids is 1. The molecule has 0 aliphatic carbocycles. The Hall–Kier alpha value is -2.46. The van der Waals surface area contributed by atoms with Gasteiger partial charge in [0.1, 0.15) is 10.6 Å². The van der Waals surface area contributed by atoms with Crippen molar-refractivity contribution in [1.29, 1.82) is 0 Å². The summed E-state index contributed by atoms with van der Waals surface area (Å²) in [5.41, 5.74) is -0.495. The summed E-state index contributed by atoms with van der Waals surface area (Å²) in [5, 5.41) is 21.5. The number of aliphatic hydroxyl groups excluding tert-OH is 1. The van der Waals surface area contributed by atoms with E-state index in [-0.39, 0.29) is 12.0 Å². The Labute approximate surface area is 160 Å². The molecular formula is C17H14BrF3N2O4. The molecule has 6 nitrogen and oxygen atoms in total. The first-order valence-electron chi connectivity index (χ1n) is 7.57. The minimum absolute atomic E-state index is 0.0906. The van der Waals surface area contributed by atoms with Crippen LogP contribution in [0.2, 0.25) is 0 Å². The number of aliphatic hydroxyl groups is 1. The molecule has 1 amide bonds. The first kappa shape index (κ1) is 20.8. The number of carboxylic acid groups (broad SMARTS) is 1. The van der Waals surface area contributed by atoms with Crippen LogP contribution in [0.25, 0.3) is 0 Å². The molecule has 0 bridgehead atoms. The number of carboxylic acids is 1. The SMILES string of the molecule is O=C(O)[C@H](Cc1cccnc1Br)NC(=O)[C@H](O)c1ccc(C(F)(F)F)cc1. The fraction of sp³-hybridized carbons (Fsp3) is 0.235. The Morgan fingerprint density at radius 1 is 1.19 bits per heavy atom. The van der Waals surface area contributed by atoms with Crippen LogP contribution in [-0.2, 0) is 22.2 Å². The molecule has 0 unspecified atom stereocenters. The van der Waals surface area contributed by atoms with E-state index in [2.05, 4.69) is 26.2 Å². The van der Waals surface area contributed by atoms with Crippen molar-refractivity contribution in [3.63, 3.8) is 0 Å². The number of hydrogen-bond donors (Lipinski definition) is 3. The summed E-state index contributed by atoms with van der Waals surface area (Å²) in [6, 6.07) is 5.23. The lowest BCUT2D eigenvalue weighted by molar-refractivity contribution is -0.143. The van der Waals surface area contributed by atoms with Gasteiger partial charge >= 0.3 is 12.1 Å². The van der Waals surface area contributed by atoms with Gasteiger partial charge in [-0.2, -0.15) is 13.2 Å². The Bertz CT molecular complexity index is 828. The normalized spacial score (nSPS) is 13.7. The summed E-state index contributed by atoms with van der Waals surface area (Å²) in [6.07, 6.45) is -4.96. The first-order valence-corrected chi connectivity index (χ1v) is 8.36. The number of nitrogens with one attached hydrogen (secondary N) is 1. The van der Waals surface area contributed by atoms with Crippen molar-refractivity contribution in [2.75, 3.05) is 0 Å². The number of hydrogen-bond acceptors (Lipinski definition) is 4. The van der Waals surface area contributed by atoms with Crippen molar-refractivity contribution >= 4 is 27.8 Å². The van der Waals surface area contributed by atoms with Crippen LogP contribution in [0.3, 0.4) is 0 Å². The van der Waals surface area contributed by atoms with Crippen molar-refractivity contribution in [2.45, 2.75) is 24.7 Å². The predicted octanol–water partition coefficient (Wildman–Crippen LogP) is 2.71. The lowest BCUT2D eigenvalue weighted by Crippen LogP contribution is -2.44. The highest BCUT2D eigenvalue weighted by Crippen LogP contribution is 2.30. The van der Waals surface area contributed by atoms with Crippen LogP contribution in [0.1, 0.15) is 22.8 Å². The number of aromatic nitrogens is 1. The molecule has 0 aliphatic heterocycles. The average molecular weight is 447 g/mol. The van der Waals surface area contributed by atoms with Crippen LogP contribution in [0.5, 0.6) is 0 Å². The molecular weight excluding hydrogens is 433 g/mol. The second kappa shape index (κ2) is 8.49. The van der Waals surface area contributed by atoms with E-state index in [0.717, 1.165) is 24.3 Å². The topological polar surface area (TPSA) is 99.5 Å². The van der Waals surface area contributed by atoms with E-state index in [0.29, 0.717) is 10.2 Å². The highest BCUT2D eigenvalue weighted by molar-refractivity contribution is 9.10. The van der Waals surface area contributed by atoms with Crippen molar-refractivity contribution in [2.24, 2.45) is 0 Å². The number of halogens is 4. The summed E-state index contributed by atoms with van der Waals surface area (Å²) in [5.74, 6) is -2.37. The lowest BCUT2D eigenvalue weighted by Gasteiger charge is -2.18. The Kier molecular flexibility index (Phi) is 6.55. The van der Waals surface area contributed by atoms with Crippen molar-refractivity contribution < 1.29 is 33.0 Å². The highest BCUT2D eigenvalue weighted by Gasteiger charge is 2.31. The van der Waals surface area contributed by atoms with E-state index in [9.17, 15) is 33.0 Å². The standard InChI is InChI=1S/C17H14BrF3N2O4/c18-14-10(2-1-7-22-14)8-12(16(26)27)23-15(25)13(24)9-3-5-11(6-4-9)17(19,20)21/h1-7,12-13,24H,8H2,(H,23,25)(H,26,27)/t12-,13+/m0/s1. The molecule has 27 heavy (non-hydrogen) atoms. The molecule has 0 fully saturated rings. The predicted molar refractivity (Wildman–Crippen MR) is 91.6 cm³/mol. The van der Waals surface area contributed by atoms with E-state index in [1.54, 1.807) is 12.1 Å². The largest absolute Gasteiger partial charge is 0.480 e. The van der Waals surface area contributed by atoms with Crippen LogP contribution in [0, 0.1) is 0 Å². The molecule has 1 heterocycles. The number of nitrogens with zero attached hydrogens (tertiary/aromatic N) is 1. The summed E-state index contributed by atoms with van der Waals surface area (Å²) < 4.78 is 38.1. The van der Waals surface area contributed by atoms with Gasteiger partial charge in [-0.25, -0.2) is 9.78 Å². The zero-order valence-corrected chi connectivity index (χ0v) is 15.2. The maximum absolute atomic E-state index is 12.6. The van der Waals surface area contributed by atoms with Crippen LogP contribution in [-0.4, -0.2) is 33.1 Å². The lowest BCUT2D eigenvalue weighted by atomic mass is 10.0. The zero-order chi connectivity index (χ0) is 20.2. The third kappa shape index (κ3) is 5.51. The van der Waals surface area contributed by atoms with Gasteiger partial charge in [-0.15, -0.1) is 0 Å². The number of rotatable bonds is 6. The number of carbonyl (C=O) groups is 2. The molecule has 1 aromatic heterocycles. The van der Waals surface area contributed by atoms with Gasteiger partial charge in [0, 0.05) is 12.6 Å². The fourth-order valence-electron chi connectivity index (χ4n) is 2.25. The third-order valence-corrected chi connectivity index (χ3v) is 4.39. The Morgan fingerprint density at radius 3 is 2.33 bits per heavy atom. The molecule has 0 saturated carbocycles. The molecule has 0 saturated heterocycles. The van der Waals surface area contributed by atoms with E-state index < -0.39 is 35.8 Å². The molecule has 0 aliphatic rings.